The maximum atomic E-state index is 8.90. The molecule has 4 heteroatoms. The number of nitrogens with zero attached hydrogens (tertiary/aromatic N) is 2. The predicted molar refractivity (Wildman–Crippen MR) is 66.8 cm³/mol. The van der Waals surface area contributed by atoms with Crippen molar-refractivity contribution in [3.05, 3.63) is 28.2 Å². The van der Waals surface area contributed by atoms with Gasteiger partial charge in [-0.15, -0.1) is 0 Å². The molecule has 1 N–H and O–H groups in total. The van der Waals surface area contributed by atoms with Crippen molar-refractivity contribution in [1.29, 1.82) is 10.5 Å². The smallest absolute Gasteiger partial charge is 0.101 e. The molecule has 0 atom stereocenters. The van der Waals surface area contributed by atoms with Gasteiger partial charge in [0.15, 0.2) is 0 Å². The largest absolute Gasteiger partial charge is 0.384 e. The molecule has 0 aliphatic rings. The van der Waals surface area contributed by atoms with Crippen LogP contribution in [0.2, 0.25) is 0 Å². The highest BCUT2D eigenvalue weighted by atomic mass is 79.9. The molecule has 82 valence electrons. The van der Waals surface area contributed by atoms with Gasteiger partial charge >= 0.3 is 0 Å². The molecule has 0 aliphatic carbocycles. The third-order valence-corrected chi connectivity index (χ3v) is 2.63. The first kappa shape index (κ1) is 12.5. The third kappa shape index (κ3) is 3.92. The van der Waals surface area contributed by atoms with E-state index in [1.54, 1.807) is 6.07 Å². The van der Waals surface area contributed by atoms with Crippen molar-refractivity contribution in [3.8, 4) is 12.1 Å². The van der Waals surface area contributed by atoms with Crippen LogP contribution >= 0.6 is 15.9 Å². The zero-order valence-electron chi connectivity index (χ0n) is 8.83. The van der Waals surface area contributed by atoms with Crippen LogP contribution in [0.4, 0.5) is 5.69 Å². The first-order valence-corrected chi connectivity index (χ1v) is 5.87. The maximum Gasteiger partial charge on any atom is 0.101 e. The van der Waals surface area contributed by atoms with Gasteiger partial charge in [-0.25, -0.2) is 0 Å². The van der Waals surface area contributed by atoms with Gasteiger partial charge in [-0.2, -0.15) is 10.5 Å². The number of hydrogen-bond acceptors (Lipinski definition) is 3. The first-order valence-electron chi connectivity index (χ1n) is 5.08. The van der Waals surface area contributed by atoms with Gasteiger partial charge in [0.25, 0.3) is 0 Å². The first-order chi connectivity index (χ1) is 7.77. The summed E-state index contributed by atoms with van der Waals surface area (Å²) in [6.45, 7) is 0.785. The molecule has 16 heavy (non-hydrogen) atoms. The molecule has 0 saturated heterocycles. The number of nitrogens with one attached hydrogen (secondary N) is 1. The van der Waals surface area contributed by atoms with Gasteiger partial charge in [0, 0.05) is 17.4 Å². The van der Waals surface area contributed by atoms with Crippen LogP contribution in [0.15, 0.2) is 22.7 Å². The van der Waals surface area contributed by atoms with Gasteiger partial charge in [0.05, 0.1) is 17.3 Å². The summed E-state index contributed by atoms with van der Waals surface area (Å²) in [7, 11) is 0. The highest BCUT2D eigenvalue weighted by Crippen LogP contribution is 2.20. The molecule has 0 saturated carbocycles. The summed E-state index contributed by atoms with van der Waals surface area (Å²) in [5, 5.41) is 20.5. The van der Waals surface area contributed by atoms with E-state index in [-0.39, 0.29) is 0 Å². The quantitative estimate of drug-likeness (QED) is 0.839. The van der Waals surface area contributed by atoms with Gasteiger partial charge in [0.2, 0.25) is 0 Å². The second-order valence-electron chi connectivity index (χ2n) is 3.34. The molecule has 0 bridgehead atoms. The lowest BCUT2D eigenvalue weighted by atomic mass is 10.2. The van der Waals surface area contributed by atoms with Crippen molar-refractivity contribution >= 4 is 21.6 Å². The Morgan fingerprint density at radius 2 is 2.06 bits per heavy atom. The molecule has 0 radical (unpaired) electrons. The monoisotopic (exact) mass is 277 g/mol. The van der Waals surface area contributed by atoms with Crippen LogP contribution in [0.25, 0.3) is 0 Å². The normalized spacial score (nSPS) is 9.19. The molecule has 1 aromatic rings. The Morgan fingerprint density at radius 3 is 2.75 bits per heavy atom. The average molecular weight is 278 g/mol. The number of rotatable bonds is 5. The fourth-order valence-corrected chi connectivity index (χ4v) is 1.67. The molecular weight excluding hydrogens is 266 g/mol. The lowest BCUT2D eigenvalue weighted by Gasteiger charge is -2.07. The van der Waals surface area contributed by atoms with E-state index in [9.17, 15) is 0 Å². The van der Waals surface area contributed by atoms with Crippen LogP contribution in [0.3, 0.4) is 0 Å². The minimum absolute atomic E-state index is 0.589. The van der Waals surface area contributed by atoms with E-state index >= 15 is 0 Å². The van der Waals surface area contributed by atoms with E-state index in [0.29, 0.717) is 12.0 Å². The van der Waals surface area contributed by atoms with Gasteiger partial charge in [-0.1, -0.05) is 15.9 Å². The molecule has 1 aromatic carbocycles. The van der Waals surface area contributed by atoms with Crippen LogP contribution in [0.5, 0.6) is 0 Å². The Hall–Kier alpha value is -1.52. The van der Waals surface area contributed by atoms with Gasteiger partial charge in [-0.05, 0) is 31.0 Å². The molecule has 0 amide bonds. The molecule has 0 fully saturated rings. The van der Waals surface area contributed by atoms with Gasteiger partial charge in [0.1, 0.15) is 6.07 Å². The fourth-order valence-electron chi connectivity index (χ4n) is 1.31. The summed E-state index contributed by atoms with van der Waals surface area (Å²) in [4.78, 5) is 0. The molecule has 3 nitrogen and oxygen atoms in total. The molecule has 0 unspecified atom stereocenters. The predicted octanol–water partition coefficient (Wildman–Crippen LogP) is 3.43. The second kappa shape index (κ2) is 6.87. The molecule has 1 rings (SSSR count). The lowest BCUT2D eigenvalue weighted by Crippen LogP contribution is -2.03. The number of anilines is 1. The SMILES string of the molecule is N#CCCCCNc1cc(Br)ccc1C#N. The third-order valence-electron chi connectivity index (χ3n) is 2.13. The highest BCUT2D eigenvalue weighted by molar-refractivity contribution is 9.10. The number of unbranched alkanes of at least 4 members (excludes halogenated alkanes) is 2. The highest BCUT2D eigenvalue weighted by Gasteiger charge is 2.01. The van der Waals surface area contributed by atoms with Crippen LogP contribution in [-0.2, 0) is 0 Å². The van der Waals surface area contributed by atoms with Crippen LogP contribution in [0.1, 0.15) is 24.8 Å². The number of hydrogen-bond donors (Lipinski definition) is 1. The molecule has 0 heterocycles. The summed E-state index contributed by atoms with van der Waals surface area (Å²) in [6.07, 6.45) is 2.41. The lowest BCUT2D eigenvalue weighted by molar-refractivity contribution is 0.784. The fraction of sp³-hybridized carbons (Fsp3) is 0.333. The van der Waals surface area contributed by atoms with E-state index < -0.39 is 0 Å². The maximum absolute atomic E-state index is 8.90. The van der Waals surface area contributed by atoms with Crippen LogP contribution in [-0.4, -0.2) is 6.54 Å². The summed E-state index contributed by atoms with van der Waals surface area (Å²) >= 11 is 3.37. The Bertz CT molecular complexity index is 429. The Morgan fingerprint density at radius 1 is 1.25 bits per heavy atom. The van der Waals surface area contributed by atoms with E-state index in [2.05, 4.69) is 33.4 Å². The van der Waals surface area contributed by atoms with Crippen molar-refractivity contribution in [3.63, 3.8) is 0 Å². The van der Waals surface area contributed by atoms with Crippen molar-refractivity contribution in [2.45, 2.75) is 19.3 Å². The van der Waals surface area contributed by atoms with E-state index in [0.717, 1.165) is 29.5 Å². The average Bonchev–Trinajstić information content (AvgIpc) is 2.29. The van der Waals surface area contributed by atoms with Crippen LogP contribution in [0, 0.1) is 22.7 Å². The summed E-state index contributed by atoms with van der Waals surface area (Å²) in [6, 6.07) is 9.77. The number of nitriles is 2. The zero-order chi connectivity index (χ0) is 11.8. The van der Waals surface area contributed by atoms with E-state index in [1.165, 1.54) is 0 Å². The molecular formula is C12H12BrN3. The molecule has 0 aliphatic heterocycles. The summed E-state index contributed by atoms with van der Waals surface area (Å²) in [5.41, 5.74) is 1.48. The van der Waals surface area contributed by atoms with Crippen LogP contribution < -0.4 is 5.32 Å². The second-order valence-corrected chi connectivity index (χ2v) is 4.26. The Labute approximate surface area is 104 Å². The Kier molecular flexibility index (Phi) is 5.39. The number of halogens is 1. The summed E-state index contributed by atoms with van der Waals surface area (Å²) < 4.78 is 0.950. The molecule has 0 aromatic heterocycles. The number of benzene rings is 1. The van der Waals surface area contributed by atoms with Crippen molar-refractivity contribution in [2.24, 2.45) is 0 Å². The van der Waals surface area contributed by atoms with Crippen molar-refractivity contribution < 1.29 is 0 Å². The van der Waals surface area contributed by atoms with E-state index in [1.807, 2.05) is 12.1 Å². The minimum Gasteiger partial charge on any atom is -0.384 e. The zero-order valence-corrected chi connectivity index (χ0v) is 10.4. The van der Waals surface area contributed by atoms with E-state index in [4.69, 9.17) is 10.5 Å². The topological polar surface area (TPSA) is 59.6 Å². The van der Waals surface area contributed by atoms with Crippen molar-refractivity contribution in [1.82, 2.24) is 0 Å². The van der Waals surface area contributed by atoms with Crippen molar-refractivity contribution in [2.75, 3.05) is 11.9 Å². The van der Waals surface area contributed by atoms with Gasteiger partial charge < -0.3 is 5.32 Å². The summed E-state index contributed by atoms with van der Waals surface area (Å²) in [5.74, 6) is 0. The molecule has 0 spiro atoms. The Balaban J connectivity index is 2.50. The minimum atomic E-state index is 0.589. The van der Waals surface area contributed by atoms with Gasteiger partial charge in [-0.3, -0.25) is 0 Å². The standard InChI is InChI=1S/C12H12BrN3/c13-11-5-4-10(9-15)12(8-11)16-7-3-1-2-6-14/h4-5,8,16H,1-3,7H2.